The summed E-state index contributed by atoms with van der Waals surface area (Å²) < 4.78 is 13.0. The molecule has 0 saturated heterocycles. The molecule has 0 aliphatic rings. The molecule has 0 bridgehead atoms. The van der Waals surface area contributed by atoms with Crippen LogP contribution >= 0.6 is 0 Å². The van der Waals surface area contributed by atoms with Crippen molar-refractivity contribution < 1.29 is 9.18 Å². The van der Waals surface area contributed by atoms with E-state index in [0.717, 1.165) is 10.9 Å². The summed E-state index contributed by atoms with van der Waals surface area (Å²) in [4.78, 5) is 12.2. The number of amides is 1. The zero-order valence-electron chi connectivity index (χ0n) is 10.8. The lowest BCUT2D eigenvalue weighted by atomic mass is 10.1. The summed E-state index contributed by atoms with van der Waals surface area (Å²) in [6.07, 6.45) is 0. The highest BCUT2D eigenvalue weighted by atomic mass is 19.1. The van der Waals surface area contributed by atoms with E-state index in [9.17, 15) is 9.18 Å². The highest BCUT2D eigenvalue weighted by Crippen LogP contribution is 2.19. The van der Waals surface area contributed by atoms with E-state index in [2.05, 4.69) is 15.5 Å². The van der Waals surface area contributed by atoms with E-state index in [-0.39, 0.29) is 11.7 Å². The molecule has 2 aromatic carbocycles. The molecule has 0 saturated carbocycles. The molecule has 2 N–H and O–H groups in total. The fraction of sp³-hybridized carbons (Fsp3) is 0.0667. The van der Waals surface area contributed by atoms with Gasteiger partial charge >= 0.3 is 0 Å². The predicted molar refractivity (Wildman–Crippen MR) is 75.2 cm³/mol. The zero-order chi connectivity index (χ0) is 14.1. The van der Waals surface area contributed by atoms with Gasteiger partial charge in [0.1, 0.15) is 5.82 Å². The molecule has 0 spiro atoms. The summed E-state index contributed by atoms with van der Waals surface area (Å²) >= 11 is 0. The van der Waals surface area contributed by atoms with Crippen molar-refractivity contribution in [1.29, 1.82) is 0 Å². The van der Waals surface area contributed by atoms with Gasteiger partial charge < -0.3 is 5.32 Å². The molecule has 0 atom stereocenters. The molecule has 1 amide bonds. The monoisotopic (exact) mass is 269 g/mol. The van der Waals surface area contributed by atoms with E-state index in [0.29, 0.717) is 16.9 Å². The Labute approximate surface area is 114 Å². The number of aryl methyl sites for hydroxylation is 1. The van der Waals surface area contributed by atoms with Gasteiger partial charge in [0.05, 0.1) is 5.52 Å². The number of halogens is 1. The van der Waals surface area contributed by atoms with Crippen LogP contribution in [0.1, 0.15) is 16.1 Å². The van der Waals surface area contributed by atoms with Crippen LogP contribution in [0.5, 0.6) is 0 Å². The van der Waals surface area contributed by atoms with Crippen molar-refractivity contribution in [3.63, 3.8) is 0 Å². The van der Waals surface area contributed by atoms with Crippen molar-refractivity contribution in [2.24, 2.45) is 0 Å². The van der Waals surface area contributed by atoms with Crippen molar-refractivity contribution in [1.82, 2.24) is 10.2 Å². The van der Waals surface area contributed by atoms with Crippen LogP contribution in [0.25, 0.3) is 10.9 Å². The molecule has 100 valence electrons. The number of para-hydroxylation sites is 1. The number of carbonyl (C=O) groups is 1. The first-order chi connectivity index (χ1) is 9.65. The van der Waals surface area contributed by atoms with Gasteiger partial charge in [0.2, 0.25) is 0 Å². The molecule has 5 heteroatoms. The molecule has 0 aliphatic carbocycles. The number of aromatic nitrogens is 2. The number of carbonyl (C=O) groups excluding carboxylic acids is 1. The lowest BCUT2D eigenvalue weighted by Crippen LogP contribution is -2.13. The topological polar surface area (TPSA) is 57.8 Å². The third kappa shape index (κ3) is 2.14. The van der Waals surface area contributed by atoms with Crippen molar-refractivity contribution in [3.8, 4) is 0 Å². The van der Waals surface area contributed by atoms with E-state index in [4.69, 9.17) is 0 Å². The fourth-order valence-electron chi connectivity index (χ4n) is 2.09. The van der Waals surface area contributed by atoms with Crippen molar-refractivity contribution in [3.05, 3.63) is 59.5 Å². The molecule has 0 aliphatic heterocycles. The van der Waals surface area contributed by atoms with Gasteiger partial charge in [-0.15, -0.1) is 0 Å². The predicted octanol–water partition coefficient (Wildman–Crippen LogP) is 3.26. The number of aromatic amines is 1. The number of benzene rings is 2. The standard InChI is InChI=1S/C15H12FN3O/c1-9-8-10(16)6-7-12(9)17-15(20)14-11-4-2-3-5-13(11)18-19-14/h2-8H,1H3,(H,17,20)(H,18,19). The molecule has 0 radical (unpaired) electrons. The van der Waals surface area contributed by atoms with E-state index in [1.807, 2.05) is 24.3 Å². The number of H-pyrrole nitrogens is 1. The van der Waals surface area contributed by atoms with Crippen molar-refractivity contribution in [2.45, 2.75) is 6.92 Å². The molecule has 0 unspecified atom stereocenters. The maximum absolute atomic E-state index is 13.0. The van der Waals surface area contributed by atoms with E-state index >= 15 is 0 Å². The van der Waals surface area contributed by atoms with Crippen LogP contribution in [0.3, 0.4) is 0 Å². The number of fused-ring (bicyclic) bond motifs is 1. The first-order valence-electron chi connectivity index (χ1n) is 6.16. The Hall–Kier alpha value is -2.69. The second kappa shape index (κ2) is 4.77. The van der Waals surface area contributed by atoms with Crippen LogP contribution in [-0.4, -0.2) is 16.1 Å². The smallest absolute Gasteiger partial charge is 0.276 e. The SMILES string of the molecule is Cc1cc(F)ccc1NC(=O)c1n[nH]c2ccccc12. The number of rotatable bonds is 2. The second-order valence-electron chi connectivity index (χ2n) is 4.53. The van der Waals surface area contributed by atoms with Gasteiger partial charge in [-0.05, 0) is 36.8 Å². The number of anilines is 1. The summed E-state index contributed by atoms with van der Waals surface area (Å²) in [7, 11) is 0. The summed E-state index contributed by atoms with van der Waals surface area (Å²) in [6, 6.07) is 11.6. The van der Waals surface area contributed by atoms with Crippen LogP contribution in [0, 0.1) is 12.7 Å². The molecular formula is C15H12FN3O. The molecular weight excluding hydrogens is 257 g/mol. The van der Waals surface area contributed by atoms with Gasteiger partial charge in [0.15, 0.2) is 5.69 Å². The van der Waals surface area contributed by atoms with Crippen molar-refractivity contribution >= 4 is 22.5 Å². The highest BCUT2D eigenvalue weighted by Gasteiger charge is 2.14. The normalized spacial score (nSPS) is 10.7. The first-order valence-corrected chi connectivity index (χ1v) is 6.16. The molecule has 0 fully saturated rings. The zero-order valence-corrected chi connectivity index (χ0v) is 10.8. The van der Waals surface area contributed by atoms with Crippen LogP contribution < -0.4 is 5.32 Å². The molecule has 1 heterocycles. The minimum absolute atomic E-state index is 0.322. The maximum Gasteiger partial charge on any atom is 0.276 e. The van der Waals surface area contributed by atoms with E-state index < -0.39 is 0 Å². The van der Waals surface area contributed by atoms with Crippen LogP contribution in [0.15, 0.2) is 42.5 Å². The molecule has 3 rings (SSSR count). The van der Waals surface area contributed by atoms with Crippen LogP contribution in [-0.2, 0) is 0 Å². The fourth-order valence-corrected chi connectivity index (χ4v) is 2.09. The largest absolute Gasteiger partial charge is 0.320 e. The molecule has 20 heavy (non-hydrogen) atoms. The summed E-state index contributed by atoms with van der Waals surface area (Å²) in [5.74, 6) is -0.650. The average molecular weight is 269 g/mol. The quantitative estimate of drug-likeness (QED) is 0.750. The summed E-state index contributed by atoms with van der Waals surface area (Å²) in [6.45, 7) is 1.74. The number of nitrogens with zero attached hydrogens (tertiary/aromatic N) is 1. The second-order valence-corrected chi connectivity index (χ2v) is 4.53. The Morgan fingerprint density at radius 2 is 2.05 bits per heavy atom. The van der Waals surface area contributed by atoms with Gasteiger partial charge in [0, 0.05) is 11.1 Å². The number of hydrogen-bond acceptors (Lipinski definition) is 2. The minimum atomic E-state index is -0.328. The van der Waals surface area contributed by atoms with Crippen LogP contribution in [0.2, 0.25) is 0 Å². The van der Waals surface area contributed by atoms with Crippen LogP contribution in [0.4, 0.5) is 10.1 Å². The molecule has 3 aromatic rings. The Balaban J connectivity index is 1.93. The van der Waals surface area contributed by atoms with E-state index in [1.54, 1.807) is 6.92 Å². The Morgan fingerprint density at radius 1 is 1.25 bits per heavy atom. The lowest BCUT2D eigenvalue weighted by Gasteiger charge is -2.07. The maximum atomic E-state index is 13.0. The third-order valence-electron chi connectivity index (χ3n) is 3.12. The van der Waals surface area contributed by atoms with Gasteiger partial charge in [-0.3, -0.25) is 9.89 Å². The third-order valence-corrected chi connectivity index (χ3v) is 3.12. The number of nitrogens with one attached hydrogen (secondary N) is 2. The average Bonchev–Trinajstić information content (AvgIpc) is 2.86. The molecule has 1 aromatic heterocycles. The van der Waals surface area contributed by atoms with Crippen molar-refractivity contribution in [2.75, 3.05) is 5.32 Å². The lowest BCUT2D eigenvalue weighted by molar-refractivity contribution is 0.102. The summed E-state index contributed by atoms with van der Waals surface area (Å²) in [5, 5.41) is 10.3. The highest BCUT2D eigenvalue weighted by molar-refractivity contribution is 6.11. The van der Waals surface area contributed by atoms with E-state index in [1.165, 1.54) is 18.2 Å². The van der Waals surface area contributed by atoms with Gasteiger partial charge in [0.25, 0.3) is 5.91 Å². The van der Waals surface area contributed by atoms with Gasteiger partial charge in [-0.2, -0.15) is 5.10 Å². The Bertz CT molecular complexity index is 795. The summed E-state index contributed by atoms with van der Waals surface area (Å²) in [5.41, 5.74) is 2.36. The Kier molecular flexibility index (Phi) is 2.95. The first kappa shape index (κ1) is 12.3. The molecule has 4 nitrogen and oxygen atoms in total. The number of hydrogen-bond donors (Lipinski definition) is 2. The van der Waals surface area contributed by atoms with Gasteiger partial charge in [-0.1, -0.05) is 18.2 Å². The Morgan fingerprint density at radius 3 is 2.85 bits per heavy atom. The minimum Gasteiger partial charge on any atom is -0.320 e. The van der Waals surface area contributed by atoms with Gasteiger partial charge in [-0.25, -0.2) is 4.39 Å².